The first-order chi connectivity index (χ1) is 7.65. The number of carbonyl (C=O) groups excluding carboxylic acids is 2. The van der Waals surface area contributed by atoms with E-state index in [9.17, 15) is 9.59 Å². The summed E-state index contributed by atoms with van der Waals surface area (Å²) >= 11 is 5.84. The third-order valence-electron chi connectivity index (χ3n) is 2.36. The minimum absolute atomic E-state index is 0.215. The Kier molecular flexibility index (Phi) is 3.06. The van der Waals surface area contributed by atoms with Crippen LogP contribution in [0.2, 0.25) is 5.02 Å². The van der Waals surface area contributed by atoms with E-state index in [-0.39, 0.29) is 11.8 Å². The lowest BCUT2D eigenvalue weighted by molar-refractivity contribution is -0.130. The molecule has 1 aromatic rings. The fraction of sp³-hybridized carbons (Fsp3) is 0.167. The third-order valence-corrected chi connectivity index (χ3v) is 2.59. The van der Waals surface area contributed by atoms with Crippen molar-refractivity contribution in [2.75, 3.05) is 0 Å². The first kappa shape index (κ1) is 10.9. The number of hydrogen-bond acceptors (Lipinski definition) is 2. The molecule has 1 aliphatic rings. The highest BCUT2D eigenvalue weighted by Gasteiger charge is 2.19. The van der Waals surface area contributed by atoms with Gasteiger partial charge in [0.25, 0.3) is 5.91 Å². The maximum atomic E-state index is 11.5. The van der Waals surface area contributed by atoms with E-state index in [0.717, 1.165) is 5.56 Å². The van der Waals surface area contributed by atoms with E-state index in [4.69, 9.17) is 11.6 Å². The van der Waals surface area contributed by atoms with Gasteiger partial charge in [-0.05, 0) is 30.2 Å². The Labute approximate surface area is 98.1 Å². The van der Waals surface area contributed by atoms with Gasteiger partial charge in [-0.1, -0.05) is 23.7 Å². The number of benzene rings is 1. The minimum Gasteiger partial charge on any atom is -0.293 e. The number of imide groups is 1. The standard InChI is InChI=1S/C12H10ClNO2/c13-10-3-1-2-8(7-10)6-9-4-5-11(15)14-12(9)16/h1-3,6-7H,4-5H2,(H,14,15,16)/b9-6+. The zero-order valence-corrected chi connectivity index (χ0v) is 9.25. The molecule has 2 rings (SSSR count). The highest BCUT2D eigenvalue weighted by Crippen LogP contribution is 2.18. The van der Waals surface area contributed by atoms with E-state index >= 15 is 0 Å². The Morgan fingerprint density at radius 1 is 1.25 bits per heavy atom. The van der Waals surface area contributed by atoms with Crippen molar-refractivity contribution < 1.29 is 9.59 Å². The summed E-state index contributed by atoms with van der Waals surface area (Å²) < 4.78 is 0. The van der Waals surface area contributed by atoms with Gasteiger partial charge in [-0.3, -0.25) is 14.9 Å². The van der Waals surface area contributed by atoms with Crippen molar-refractivity contribution >= 4 is 29.5 Å². The van der Waals surface area contributed by atoms with Crippen molar-refractivity contribution in [1.82, 2.24) is 5.32 Å². The average Bonchev–Trinajstić information content (AvgIpc) is 2.22. The zero-order chi connectivity index (χ0) is 11.5. The summed E-state index contributed by atoms with van der Waals surface area (Å²) in [4.78, 5) is 22.4. The van der Waals surface area contributed by atoms with Gasteiger partial charge < -0.3 is 0 Å². The summed E-state index contributed by atoms with van der Waals surface area (Å²) in [6.45, 7) is 0. The van der Waals surface area contributed by atoms with E-state index in [0.29, 0.717) is 23.4 Å². The highest BCUT2D eigenvalue weighted by atomic mass is 35.5. The van der Waals surface area contributed by atoms with Gasteiger partial charge in [-0.25, -0.2) is 0 Å². The molecular formula is C12H10ClNO2. The van der Waals surface area contributed by atoms with Crippen molar-refractivity contribution in [3.05, 3.63) is 40.4 Å². The second-order valence-corrected chi connectivity index (χ2v) is 4.04. The van der Waals surface area contributed by atoms with Gasteiger partial charge in [0.2, 0.25) is 5.91 Å². The number of piperidine rings is 1. The lowest BCUT2D eigenvalue weighted by atomic mass is 10.0. The Morgan fingerprint density at radius 2 is 2.06 bits per heavy atom. The normalized spacial score (nSPS) is 18.7. The summed E-state index contributed by atoms with van der Waals surface area (Å²) in [5, 5.41) is 2.91. The number of rotatable bonds is 1. The largest absolute Gasteiger partial charge is 0.293 e. The first-order valence-electron chi connectivity index (χ1n) is 4.95. The molecule has 1 fully saturated rings. The molecule has 1 aromatic carbocycles. The van der Waals surface area contributed by atoms with Crippen molar-refractivity contribution in [2.24, 2.45) is 0 Å². The Hall–Kier alpha value is -1.61. The molecule has 0 unspecified atom stereocenters. The molecule has 0 saturated carbocycles. The number of nitrogens with one attached hydrogen (secondary N) is 1. The number of hydrogen-bond donors (Lipinski definition) is 1. The zero-order valence-electron chi connectivity index (χ0n) is 8.50. The van der Waals surface area contributed by atoms with Crippen LogP contribution in [0.15, 0.2) is 29.8 Å². The summed E-state index contributed by atoms with van der Waals surface area (Å²) in [6.07, 6.45) is 2.60. The maximum absolute atomic E-state index is 11.5. The van der Waals surface area contributed by atoms with E-state index < -0.39 is 0 Å². The van der Waals surface area contributed by atoms with Crippen LogP contribution in [0.25, 0.3) is 6.08 Å². The summed E-state index contributed by atoms with van der Waals surface area (Å²) in [5.74, 6) is -0.524. The molecular weight excluding hydrogens is 226 g/mol. The quantitative estimate of drug-likeness (QED) is 0.599. The SMILES string of the molecule is O=C1CC/C(=C\c2cccc(Cl)c2)C(=O)N1. The number of halogens is 1. The minimum atomic E-state index is -0.309. The molecule has 82 valence electrons. The average molecular weight is 236 g/mol. The summed E-state index contributed by atoms with van der Waals surface area (Å²) in [6, 6.07) is 7.23. The lowest BCUT2D eigenvalue weighted by Crippen LogP contribution is -2.35. The fourth-order valence-electron chi connectivity index (χ4n) is 1.57. The second-order valence-electron chi connectivity index (χ2n) is 3.60. The van der Waals surface area contributed by atoms with Gasteiger partial charge >= 0.3 is 0 Å². The maximum Gasteiger partial charge on any atom is 0.253 e. The van der Waals surface area contributed by atoms with Crippen LogP contribution >= 0.6 is 11.6 Å². The molecule has 1 N–H and O–H groups in total. The van der Waals surface area contributed by atoms with Crippen LogP contribution in [-0.2, 0) is 9.59 Å². The van der Waals surface area contributed by atoms with Crippen LogP contribution in [0, 0.1) is 0 Å². The third kappa shape index (κ3) is 2.49. The van der Waals surface area contributed by atoms with Crippen LogP contribution in [0.4, 0.5) is 0 Å². The molecule has 0 bridgehead atoms. The van der Waals surface area contributed by atoms with E-state index in [2.05, 4.69) is 5.32 Å². The second kappa shape index (κ2) is 4.49. The molecule has 16 heavy (non-hydrogen) atoms. The fourth-order valence-corrected chi connectivity index (χ4v) is 1.77. The van der Waals surface area contributed by atoms with Crippen molar-refractivity contribution in [3.8, 4) is 0 Å². The molecule has 1 saturated heterocycles. The van der Waals surface area contributed by atoms with Crippen molar-refractivity contribution in [1.29, 1.82) is 0 Å². The molecule has 3 nitrogen and oxygen atoms in total. The van der Waals surface area contributed by atoms with Gasteiger partial charge in [-0.15, -0.1) is 0 Å². The number of amides is 2. The smallest absolute Gasteiger partial charge is 0.253 e. The molecule has 4 heteroatoms. The van der Waals surface area contributed by atoms with Gasteiger partial charge in [0.15, 0.2) is 0 Å². The van der Waals surface area contributed by atoms with Gasteiger partial charge in [0.05, 0.1) is 0 Å². The van der Waals surface area contributed by atoms with Crippen LogP contribution < -0.4 is 5.32 Å². The van der Waals surface area contributed by atoms with Crippen LogP contribution in [0.3, 0.4) is 0 Å². The van der Waals surface area contributed by atoms with Crippen LogP contribution in [0.1, 0.15) is 18.4 Å². The Bertz CT molecular complexity index is 480. The van der Waals surface area contributed by atoms with Crippen LogP contribution in [0.5, 0.6) is 0 Å². The molecule has 1 heterocycles. The van der Waals surface area contributed by atoms with Gasteiger partial charge in [0.1, 0.15) is 0 Å². The van der Waals surface area contributed by atoms with Gasteiger partial charge in [-0.2, -0.15) is 0 Å². The predicted octanol–water partition coefficient (Wildman–Crippen LogP) is 2.16. The highest BCUT2D eigenvalue weighted by molar-refractivity contribution is 6.30. The first-order valence-corrected chi connectivity index (χ1v) is 5.33. The summed E-state index contributed by atoms with van der Waals surface area (Å²) in [7, 11) is 0. The lowest BCUT2D eigenvalue weighted by Gasteiger charge is -2.13. The summed E-state index contributed by atoms with van der Waals surface area (Å²) in [5.41, 5.74) is 1.48. The molecule has 2 amide bonds. The molecule has 0 atom stereocenters. The van der Waals surface area contributed by atoms with Gasteiger partial charge in [0, 0.05) is 17.0 Å². The topological polar surface area (TPSA) is 46.2 Å². The van der Waals surface area contributed by atoms with E-state index in [1.54, 1.807) is 18.2 Å². The monoisotopic (exact) mass is 235 g/mol. The molecule has 1 aliphatic heterocycles. The van der Waals surface area contributed by atoms with Crippen LogP contribution in [-0.4, -0.2) is 11.8 Å². The van der Waals surface area contributed by atoms with E-state index in [1.807, 2.05) is 12.1 Å². The Morgan fingerprint density at radius 3 is 2.75 bits per heavy atom. The Balaban J connectivity index is 2.24. The predicted molar refractivity (Wildman–Crippen MR) is 61.8 cm³/mol. The van der Waals surface area contributed by atoms with E-state index in [1.165, 1.54) is 0 Å². The molecule has 0 radical (unpaired) electrons. The number of carbonyl (C=O) groups is 2. The van der Waals surface area contributed by atoms with Crippen molar-refractivity contribution in [3.63, 3.8) is 0 Å². The molecule has 0 aliphatic carbocycles. The van der Waals surface area contributed by atoms with Crippen molar-refractivity contribution in [2.45, 2.75) is 12.8 Å². The molecule has 0 spiro atoms. The molecule has 0 aromatic heterocycles.